The van der Waals surface area contributed by atoms with Gasteiger partial charge in [-0.25, -0.2) is 4.98 Å². The smallest absolute Gasteiger partial charge is 0.385 e. The number of carbonyl (C=O) groups excluding carboxylic acids is 1. The second-order valence-electron chi connectivity index (χ2n) is 6.36. The van der Waals surface area contributed by atoms with E-state index in [-0.39, 0.29) is 18.4 Å². The van der Waals surface area contributed by atoms with Gasteiger partial charge in [-0.15, -0.1) is 0 Å². The Bertz CT molecular complexity index is 815. The number of carbonyl (C=O) groups is 1. The fraction of sp³-hybridized carbons (Fsp3) is 0.333. The molecule has 1 saturated heterocycles. The van der Waals surface area contributed by atoms with Crippen molar-refractivity contribution in [1.29, 1.82) is 0 Å². The molecule has 1 aromatic heterocycles. The molecule has 0 saturated carbocycles. The van der Waals surface area contributed by atoms with E-state index in [4.69, 9.17) is 5.73 Å². The summed E-state index contributed by atoms with van der Waals surface area (Å²) in [7, 11) is 0. The van der Waals surface area contributed by atoms with E-state index in [2.05, 4.69) is 4.98 Å². The number of nitrogens with zero attached hydrogens (tertiary/aromatic N) is 2. The van der Waals surface area contributed by atoms with E-state index in [1.165, 1.54) is 24.4 Å². The van der Waals surface area contributed by atoms with Crippen LogP contribution >= 0.6 is 0 Å². The van der Waals surface area contributed by atoms with Crippen LogP contribution in [0.15, 0.2) is 42.6 Å². The van der Waals surface area contributed by atoms with Crippen molar-refractivity contribution in [3.63, 3.8) is 0 Å². The van der Waals surface area contributed by atoms with Gasteiger partial charge in [0.05, 0.1) is 11.2 Å². The Morgan fingerprint density at radius 3 is 2.50 bits per heavy atom. The lowest BCUT2D eigenvalue weighted by atomic mass is 9.83. The molecule has 0 unspecified atom stereocenters. The lowest BCUT2D eigenvalue weighted by Gasteiger charge is -2.39. The lowest BCUT2D eigenvalue weighted by molar-refractivity contribution is -0.137. The van der Waals surface area contributed by atoms with E-state index in [0.717, 1.165) is 12.1 Å². The predicted molar refractivity (Wildman–Crippen MR) is 89.5 cm³/mol. The maximum atomic E-state index is 12.9. The Morgan fingerprint density at radius 1 is 1.19 bits per heavy atom. The highest BCUT2D eigenvalue weighted by molar-refractivity contribution is 5.93. The summed E-state index contributed by atoms with van der Waals surface area (Å²) in [6, 6.07) is 7.88. The largest absolute Gasteiger partial charge is 0.416 e. The minimum absolute atomic E-state index is 0.247. The van der Waals surface area contributed by atoms with Crippen molar-refractivity contribution < 1.29 is 23.1 Å². The van der Waals surface area contributed by atoms with Crippen LogP contribution in [0.2, 0.25) is 0 Å². The summed E-state index contributed by atoms with van der Waals surface area (Å²) in [6.07, 6.45) is -2.48. The van der Waals surface area contributed by atoms with Crippen molar-refractivity contribution in [1.82, 2.24) is 4.98 Å². The maximum Gasteiger partial charge on any atom is 0.416 e. The summed E-state index contributed by atoms with van der Waals surface area (Å²) in [5.74, 6) is -0.0153. The average molecular weight is 365 g/mol. The first-order chi connectivity index (χ1) is 12.2. The molecule has 26 heavy (non-hydrogen) atoms. The molecule has 0 bridgehead atoms. The Kier molecular flexibility index (Phi) is 4.62. The third-order valence-corrected chi connectivity index (χ3v) is 4.67. The first-order valence-electron chi connectivity index (χ1n) is 8.10. The van der Waals surface area contributed by atoms with E-state index in [1.807, 2.05) is 4.90 Å². The summed E-state index contributed by atoms with van der Waals surface area (Å²) in [6.45, 7) is 0.782. The normalized spacial score (nSPS) is 17.2. The number of aliphatic hydroxyl groups is 1. The molecule has 3 N–H and O–H groups in total. The van der Waals surface area contributed by atoms with Crippen LogP contribution in [0.1, 0.15) is 34.3 Å². The molecule has 1 aromatic carbocycles. The zero-order valence-corrected chi connectivity index (χ0v) is 13.8. The van der Waals surface area contributed by atoms with Gasteiger partial charge in [-0.05, 0) is 42.7 Å². The number of amides is 1. The topological polar surface area (TPSA) is 79.5 Å². The molecule has 8 heteroatoms. The van der Waals surface area contributed by atoms with Gasteiger partial charge in [-0.3, -0.25) is 4.79 Å². The molecule has 1 aliphatic heterocycles. The lowest BCUT2D eigenvalue weighted by Crippen LogP contribution is -2.43. The molecule has 0 radical (unpaired) electrons. The number of primary amides is 1. The molecule has 0 spiro atoms. The number of alkyl halides is 3. The van der Waals surface area contributed by atoms with Crippen LogP contribution in [0.4, 0.5) is 19.0 Å². The van der Waals surface area contributed by atoms with E-state index in [0.29, 0.717) is 24.5 Å². The van der Waals surface area contributed by atoms with Crippen LogP contribution in [0, 0.1) is 0 Å². The number of piperidine rings is 1. The third kappa shape index (κ3) is 3.65. The average Bonchev–Trinajstić information content (AvgIpc) is 2.62. The highest BCUT2D eigenvalue weighted by Gasteiger charge is 2.37. The first kappa shape index (κ1) is 18.2. The number of benzene rings is 1. The third-order valence-electron chi connectivity index (χ3n) is 4.67. The number of rotatable bonds is 3. The molecule has 0 aliphatic carbocycles. The Hall–Kier alpha value is -2.61. The molecular weight excluding hydrogens is 347 g/mol. The minimum atomic E-state index is -4.45. The second-order valence-corrected chi connectivity index (χ2v) is 6.36. The van der Waals surface area contributed by atoms with Crippen LogP contribution in [0.3, 0.4) is 0 Å². The van der Waals surface area contributed by atoms with Gasteiger partial charge < -0.3 is 15.7 Å². The monoisotopic (exact) mass is 365 g/mol. The van der Waals surface area contributed by atoms with Gasteiger partial charge in [0.15, 0.2) is 0 Å². The van der Waals surface area contributed by atoms with Gasteiger partial charge in [0.1, 0.15) is 5.82 Å². The van der Waals surface area contributed by atoms with E-state index in [1.54, 1.807) is 6.07 Å². The van der Waals surface area contributed by atoms with Gasteiger partial charge in [0, 0.05) is 24.8 Å². The molecule has 5 nitrogen and oxygen atoms in total. The standard InChI is InChI=1S/C18H18F3N3O2/c19-18(20,21)14-3-1-2-13(11-14)17(26)5-8-24(9-6-17)15-10-12(16(22)25)4-7-23-15/h1-4,7,10-11,26H,5-6,8-9H2,(H2,22,25). The van der Waals surface area contributed by atoms with Crippen molar-refractivity contribution in [3.8, 4) is 0 Å². The molecule has 3 rings (SSSR count). The minimum Gasteiger partial charge on any atom is -0.385 e. The summed E-state index contributed by atoms with van der Waals surface area (Å²) >= 11 is 0. The van der Waals surface area contributed by atoms with Gasteiger partial charge in [-0.2, -0.15) is 13.2 Å². The van der Waals surface area contributed by atoms with Gasteiger partial charge in [-0.1, -0.05) is 12.1 Å². The van der Waals surface area contributed by atoms with Crippen LogP contribution in [-0.2, 0) is 11.8 Å². The summed E-state index contributed by atoms with van der Waals surface area (Å²) in [5, 5.41) is 10.9. The zero-order valence-electron chi connectivity index (χ0n) is 13.8. The molecule has 1 fully saturated rings. The van der Waals surface area contributed by atoms with Gasteiger partial charge in [0.25, 0.3) is 0 Å². The van der Waals surface area contributed by atoms with E-state index < -0.39 is 23.2 Å². The Balaban J connectivity index is 1.77. The van der Waals surface area contributed by atoms with Gasteiger partial charge >= 0.3 is 6.18 Å². The molecule has 2 aromatic rings. The molecule has 0 atom stereocenters. The zero-order chi connectivity index (χ0) is 18.9. The molecule has 1 aliphatic rings. The second kappa shape index (κ2) is 6.60. The van der Waals surface area contributed by atoms with Crippen LogP contribution in [0.25, 0.3) is 0 Å². The van der Waals surface area contributed by atoms with Crippen LogP contribution < -0.4 is 10.6 Å². The maximum absolute atomic E-state index is 12.9. The summed E-state index contributed by atoms with van der Waals surface area (Å²) in [4.78, 5) is 17.4. The number of halogens is 3. The van der Waals surface area contributed by atoms with Crippen molar-refractivity contribution in [2.24, 2.45) is 5.73 Å². The van der Waals surface area contributed by atoms with Crippen molar-refractivity contribution in [2.75, 3.05) is 18.0 Å². The van der Waals surface area contributed by atoms with Crippen molar-refractivity contribution in [2.45, 2.75) is 24.6 Å². The Morgan fingerprint density at radius 2 is 1.88 bits per heavy atom. The number of anilines is 1. The number of hydrogen-bond donors (Lipinski definition) is 2. The van der Waals surface area contributed by atoms with Crippen molar-refractivity contribution in [3.05, 3.63) is 59.3 Å². The number of aromatic nitrogens is 1. The highest BCUT2D eigenvalue weighted by Crippen LogP contribution is 2.37. The molecule has 2 heterocycles. The van der Waals surface area contributed by atoms with Gasteiger partial charge in [0.2, 0.25) is 5.91 Å². The quantitative estimate of drug-likeness (QED) is 0.877. The predicted octanol–water partition coefficient (Wildman–Crippen LogP) is 2.69. The summed E-state index contributed by atoms with van der Waals surface area (Å²) in [5.41, 5.74) is 3.74. The number of hydrogen-bond acceptors (Lipinski definition) is 4. The highest BCUT2D eigenvalue weighted by atomic mass is 19.4. The van der Waals surface area contributed by atoms with E-state index >= 15 is 0 Å². The summed E-state index contributed by atoms with van der Waals surface area (Å²) < 4.78 is 38.7. The molecular formula is C18H18F3N3O2. The van der Waals surface area contributed by atoms with E-state index in [9.17, 15) is 23.1 Å². The fourth-order valence-corrected chi connectivity index (χ4v) is 3.12. The fourth-order valence-electron chi connectivity index (χ4n) is 3.12. The molecule has 138 valence electrons. The molecule has 1 amide bonds. The van der Waals surface area contributed by atoms with Crippen molar-refractivity contribution >= 4 is 11.7 Å². The Labute approximate surface area is 148 Å². The number of nitrogens with two attached hydrogens (primary N) is 1. The number of pyridine rings is 1. The van der Waals surface area contributed by atoms with Crippen LogP contribution in [0.5, 0.6) is 0 Å². The van der Waals surface area contributed by atoms with Crippen LogP contribution in [-0.4, -0.2) is 29.1 Å². The SMILES string of the molecule is NC(=O)c1ccnc(N2CCC(O)(c3cccc(C(F)(F)F)c3)CC2)c1. The first-order valence-corrected chi connectivity index (χ1v) is 8.10.